The summed E-state index contributed by atoms with van der Waals surface area (Å²) in [6, 6.07) is 4.57. The van der Waals surface area contributed by atoms with E-state index in [-0.39, 0.29) is 11.1 Å². The van der Waals surface area contributed by atoms with Gasteiger partial charge in [-0.3, -0.25) is 4.57 Å². The molecule has 0 fully saturated rings. The number of nitrogens with zero attached hydrogens (tertiary/aromatic N) is 1. The molecular weight excluding hydrogens is 347 g/mol. The Morgan fingerprint density at radius 3 is 2.33 bits per heavy atom. The molecule has 9 heteroatoms. The van der Waals surface area contributed by atoms with Crippen LogP contribution in [0.15, 0.2) is 44.4 Å². The van der Waals surface area contributed by atoms with E-state index in [1.165, 1.54) is 7.05 Å². The average molecular weight is 357 g/mol. The summed E-state index contributed by atoms with van der Waals surface area (Å²) >= 11 is 0. The van der Waals surface area contributed by atoms with Crippen molar-refractivity contribution >= 4 is 20.9 Å². The number of aryl methyl sites for hydroxylation is 1. The molecule has 3 rings (SSSR count). The zero-order chi connectivity index (χ0) is 17.6. The van der Waals surface area contributed by atoms with Crippen LogP contribution in [0.5, 0.6) is 0 Å². The highest BCUT2D eigenvalue weighted by molar-refractivity contribution is 7.90. The molecule has 0 spiro atoms. The quantitative estimate of drug-likeness (QED) is 0.722. The molecule has 0 aliphatic rings. The molecule has 0 amide bonds. The van der Waals surface area contributed by atoms with Gasteiger partial charge in [0.05, 0.1) is 11.3 Å². The molecule has 0 aliphatic heterocycles. The molecule has 5 nitrogen and oxygen atoms in total. The molecular formula is C15H10F3NO4S. The Kier molecular flexibility index (Phi) is 3.75. The van der Waals surface area contributed by atoms with Gasteiger partial charge in [0.15, 0.2) is 15.4 Å². The first-order valence-corrected chi connectivity index (χ1v) is 8.30. The summed E-state index contributed by atoms with van der Waals surface area (Å²) in [6.45, 7) is 0. The summed E-state index contributed by atoms with van der Waals surface area (Å²) in [5.41, 5.74) is -0.761. The van der Waals surface area contributed by atoms with Gasteiger partial charge in [-0.05, 0) is 18.2 Å². The van der Waals surface area contributed by atoms with E-state index in [1.807, 2.05) is 0 Å². The molecule has 0 unspecified atom stereocenters. The van der Waals surface area contributed by atoms with Crippen molar-refractivity contribution in [3.8, 4) is 0 Å². The summed E-state index contributed by atoms with van der Waals surface area (Å²) < 4.78 is 72.0. The molecule has 0 radical (unpaired) electrons. The highest BCUT2D eigenvalue weighted by Gasteiger charge is 2.25. The fraction of sp³-hybridized carbons (Fsp3) is 0.133. The Hall–Kier alpha value is -2.55. The lowest BCUT2D eigenvalue weighted by molar-refractivity contribution is 0.523. The molecule has 0 bridgehead atoms. The van der Waals surface area contributed by atoms with E-state index in [9.17, 15) is 26.4 Å². The van der Waals surface area contributed by atoms with Gasteiger partial charge >= 0.3 is 5.76 Å². The van der Waals surface area contributed by atoms with Crippen LogP contribution in [0.4, 0.5) is 13.2 Å². The highest BCUT2D eigenvalue weighted by atomic mass is 32.2. The smallest absolute Gasteiger partial charge is 0.408 e. The number of aromatic nitrogens is 1. The molecule has 2 aromatic carbocycles. The lowest BCUT2D eigenvalue weighted by Crippen LogP contribution is -2.11. The zero-order valence-electron chi connectivity index (χ0n) is 12.2. The van der Waals surface area contributed by atoms with Gasteiger partial charge in [-0.2, -0.15) is 0 Å². The molecule has 0 saturated carbocycles. The second-order valence-electron chi connectivity index (χ2n) is 5.14. The number of benzene rings is 2. The minimum Gasteiger partial charge on any atom is -0.408 e. The molecule has 3 aromatic rings. The summed E-state index contributed by atoms with van der Waals surface area (Å²) in [7, 11) is -3.08. The van der Waals surface area contributed by atoms with Crippen LogP contribution in [-0.2, 0) is 22.6 Å². The maximum atomic E-state index is 14.1. The third-order valence-electron chi connectivity index (χ3n) is 3.58. The van der Waals surface area contributed by atoms with Crippen molar-refractivity contribution in [3.05, 3.63) is 63.9 Å². The highest BCUT2D eigenvalue weighted by Crippen LogP contribution is 2.26. The van der Waals surface area contributed by atoms with Crippen LogP contribution >= 0.6 is 0 Å². The summed E-state index contributed by atoms with van der Waals surface area (Å²) in [5.74, 6) is -5.11. The summed E-state index contributed by atoms with van der Waals surface area (Å²) in [4.78, 5) is 10.6. The van der Waals surface area contributed by atoms with Gasteiger partial charge in [-0.25, -0.2) is 26.4 Å². The largest absolute Gasteiger partial charge is 0.419 e. The molecule has 126 valence electrons. The van der Waals surface area contributed by atoms with E-state index < -0.39 is 49.3 Å². The van der Waals surface area contributed by atoms with Crippen molar-refractivity contribution in [2.24, 2.45) is 7.05 Å². The first-order chi connectivity index (χ1) is 11.2. The number of hydrogen-bond donors (Lipinski definition) is 0. The van der Waals surface area contributed by atoms with Crippen molar-refractivity contribution < 1.29 is 26.0 Å². The van der Waals surface area contributed by atoms with Gasteiger partial charge in [-0.1, -0.05) is 6.07 Å². The summed E-state index contributed by atoms with van der Waals surface area (Å²) in [6.07, 6.45) is 0. The number of rotatable bonds is 3. The molecule has 0 atom stereocenters. The van der Waals surface area contributed by atoms with Crippen LogP contribution < -0.4 is 5.76 Å². The lowest BCUT2D eigenvalue weighted by Gasteiger charge is -2.08. The van der Waals surface area contributed by atoms with Crippen LogP contribution in [0.1, 0.15) is 5.56 Å². The van der Waals surface area contributed by atoms with E-state index in [2.05, 4.69) is 0 Å². The normalized spacial score (nSPS) is 12.0. The fourth-order valence-electron chi connectivity index (χ4n) is 2.31. The Morgan fingerprint density at radius 1 is 1.08 bits per heavy atom. The van der Waals surface area contributed by atoms with Crippen molar-refractivity contribution in [1.82, 2.24) is 4.57 Å². The van der Waals surface area contributed by atoms with Gasteiger partial charge < -0.3 is 4.42 Å². The standard InChI is InChI=1S/C15H10F3NO4S/c1-19-12-6-14(11(18)5-13(12)23-15(19)20)24(21,22)7-8-9(16)3-2-4-10(8)17/h2-6H,7H2,1H3. The van der Waals surface area contributed by atoms with Crippen LogP contribution in [0.25, 0.3) is 11.1 Å². The number of oxazole rings is 1. The van der Waals surface area contributed by atoms with Crippen LogP contribution in [0.2, 0.25) is 0 Å². The van der Waals surface area contributed by atoms with Gasteiger partial charge in [0.2, 0.25) is 0 Å². The average Bonchev–Trinajstić information content (AvgIpc) is 2.76. The Labute approximate surface area is 133 Å². The van der Waals surface area contributed by atoms with Crippen LogP contribution in [0, 0.1) is 17.5 Å². The zero-order valence-corrected chi connectivity index (χ0v) is 13.0. The second kappa shape index (κ2) is 5.52. The van der Waals surface area contributed by atoms with Crippen LogP contribution in [0.3, 0.4) is 0 Å². The number of hydrogen-bond acceptors (Lipinski definition) is 4. The fourth-order valence-corrected chi connectivity index (χ4v) is 3.76. The predicted molar refractivity (Wildman–Crippen MR) is 78.7 cm³/mol. The lowest BCUT2D eigenvalue weighted by atomic mass is 10.2. The predicted octanol–water partition coefficient (Wildman–Crippen LogP) is 2.52. The Balaban J connectivity index is 2.16. The van der Waals surface area contributed by atoms with Crippen LogP contribution in [-0.4, -0.2) is 13.0 Å². The molecule has 0 aliphatic carbocycles. The first kappa shape index (κ1) is 16.3. The number of fused-ring (bicyclic) bond motifs is 1. The van der Waals surface area contributed by atoms with Gasteiger partial charge in [0.1, 0.15) is 22.3 Å². The van der Waals surface area contributed by atoms with Crippen molar-refractivity contribution in [2.45, 2.75) is 10.6 Å². The van der Waals surface area contributed by atoms with Gasteiger partial charge in [0.25, 0.3) is 0 Å². The SMILES string of the molecule is Cn1c(=O)oc2cc(F)c(S(=O)(=O)Cc3c(F)cccc3F)cc21. The van der Waals surface area contributed by atoms with E-state index >= 15 is 0 Å². The van der Waals surface area contributed by atoms with Gasteiger partial charge in [0, 0.05) is 18.7 Å². The van der Waals surface area contributed by atoms with E-state index in [0.29, 0.717) is 0 Å². The Bertz CT molecular complexity index is 1100. The summed E-state index contributed by atoms with van der Waals surface area (Å²) in [5, 5.41) is 0. The van der Waals surface area contributed by atoms with Crippen molar-refractivity contribution in [3.63, 3.8) is 0 Å². The van der Waals surface area contributed by atoms with E-state index in [4.69, 9.17) is 4.42 Å². The minimum atomic E-state index is -4.40. The second-order valence-corrected chi connectivity index (χ2v) is 7.09. The minimum absolute atomic E-state index is 0.0500. The monoisotopic (exact) mass is 357 g/mol. The third kappa shape index (κ3) is 2.60. The molecule has 1 aromatic heterocycles. The maximum Gasteiger partial charge on any atom is 0.419 e. The van der Waals surface area contributed by atoms with E-state index in [1.54, 1.807) is 0 Å². The topological polar surface area (TPSA) is 69.3 Å². The molecule has 24 heavy (non-hydrogen) atoms. The van der Waals surface area contributed by atoms with Crippen molar-refractivity contribution in [2.75, 3.05) is 0 Å². The Morgan fingerprint density at radius 2 is 1.71 bits per heavy atom. The molecule has 0 saturated heterocycles. The maximum absolute atomic E-state index is 14.1. The third-order valence-corrected chi connectivity index (χ3v) is 5.23. The number of sulfone groups is 1. The molecule has 0 N–H and O–H groups in total. The first-order valence-electron chi connectivity index (χ1n) is 6.65. The molecule has 1 heterocycles. The number of halogens is 3. The van der Waals surface area contributed by atoms with Crippen molar-refractivity contribution in [1.29, 1.82) is 0 Å². The van der Waals surface area contributed by atoms with Gasteiger partial charge in [-0.15, -0.1) is 0 Å². The van der Waals surface area contributed by atoms with E-state index in [0.717, 1.165) is 34.9 Å².